The van der Waals surface area contributed by atoms with Gasteiger partial charge < -0.3 is 20.1 Å². The number of rotatable bonds is 4. The Bertz CT molecular complexity index is 527. The monoisotopic (exact) mass is 330 g/mol. The van der Waals surface area contributed by atoms with Crippen LogP contribution in [-0.2, 0) is 4.74 Å². The molecule has 19 heavy (non-hydrogen) atoms. The molecule has 3 N–H and O–H groups in total. The summed E-state index contributed by atoms with van der Waals surface area (Å²) in [5.41, 5.74) is 0.345. The van der Waals surface area contributed by atoms with Crippen molar-refractivity contribution in [2.75, 3.05) is 0 Å². The number of hydrogen-bond donors (Lipinski definition) is 3. The van der Waals surface area contributed by atoms with E-state index in [-0.39, 0.29) is 15.6 Å². The van der Waals surface area contributed by atoms with Crippen molar-refractivity contribution in [2.24, 2.45) is 0 Å². The third kappa shape index (κ3) is 2.25. The lowest BCUT2D eigenvalue weighted by Crippen LogP contribution is -1.98. The van der Waals surface area contributed by atoms with E-state index in [9.17, 15) is 20.1 Å². The molecule has 5 nitrogen and oxygen atoms in total. The van der Waals surface area contributed by atoms with E-state index < -0.39 is 29.3 Å². The van der Waals surface area contributed by atoms with Crippen LogP contribution in [0.4, 0.5) is 0 Å². The second kappa shape index (κ2) is 5.28. The topological polar surface area (TPSA) is 87.0 Å². The molecule has 0 fully saturated rings. The molecule has 0 amide bonds. The van der Waals surface area contributed by atoms with Gasteiger partial charge in [-0.2, -0.15) is 0 Å². The molecule has 0 bridgehead atoms. The minimum atomic E-state index is -0.635. The number of phenolic OH excluding ortho intramolecular Hbond substituents is 3. The van der Waals surface area contributed by atoms with Crippen molar-refractivity contribution >= 4 is 21.9 Å². The van der Waals surface area contributed by atoms with Gasteiger partial charge in [0.25, 0.3) is 0 Å². The molecule has 1 aromatic carbocycles. The molecule has 0 aromatic heterocycles. The lowest BCUT2D eigenvalue weighted by atomic mass is 9.98. The molecule has 1 unspecified atom stereocenters. The lowest BCUT2D eigenvalue weighted by molar-refractivity contribution is 0.0360. The molecule has 0 spiro atoms. The molecule has 1 atom stereocenters. The number of unbranched alkanes of at least 4 members (excludes halogenated alkanes) is 2. The molecular formula is C13H15BrO5. The van der Waals surface area contributed by atoms with E-state index in [1.54, 1.807) is 0 Å². The number of fused-ring (bicyclic) bond motifs is 1. The Hall–Kier alpha value is -1.43. The summed E-state index contributed by atoms with van der Waals surface area (Å²) in [5.74, 6) is -2.27. The van der Waals surface area contributed by atoms with Crippen LogP contribution in [-0.4, -0.2) is 21.3 Å². The van der Waals surface area contributed by atoms with Gasteiger partial charge in [0, 0.05) is 0 Å². The minimum Gasteiger partial charge on any atom is -0.504 e. The number of benzene rings is 1. The van der Waals surface area contributed by atoms with Crippen LogP contribution in [0.3, 0.4) is 0 Å². The van der Waals surface area contributed by atoms with Crippen molar-refractivity contribution in [3.63, 3.8) is 0 Å². The summed E-state index contributed by atoms with van der Waals surface area (Å²) in [5, 5.41) is 29.1. The lowest BCUT2D eigenvalue weighted by Gasteiger charge is -2.13. The highest BCUT2D eigenvalue weighted by Crippen LogP contribution is 2.52. The number of halogens is 1. The number of hydrogen-bond acceptors (Lipinski definition) is 5. The van der Waals surface area contributed by atoms with Gasteiger partial charge in [-0.3, -0.25) is 0 Å². The third-order valence-corrected chi connectivity index (χ3v) is 4.02. The average Bonchev–Trinajstić information content (AvgIpc) is 2.71. The Kier molecular flexibility index (Phi) is 3.89. The summed E-state index contributed by atoms with van der Waals surface area (Å²) in [7, 11) is 0. The first kappa shape index (κ1) is 14.0. The Morgan fingerprint density at radius 3 is 2.47 bits per heavy atom. The maximum atomic E-state index is 11.8. The number of aromatic hydroxyl groups is 3. The van der Waals surface area contributed by atoms with E-state index in [1.807, 2.05) is 0 Å². The van der Waals surface area contributed by atoms with Crippen molar-refractivity contribution in [1.82, 2.24) is 0 Å². The van der Waals surface area contributed by atoms with Gasteiger partial charge in [0.2, 0.25) is 5.75 Å². The van der Waals surface area contributed by atoms with Crippen molar-refractivity contribution < 1.29 is 24.9 Å². The fourth-order valence-corrected chi connectivity index (χ4v) is 2.81. The molecule has 0 saturated heterocycles. The van der Waals surface area contributed by atoms with E-state index >= 15 is 0 Å². The predicted octanol–water partition coefficient (Wildman–Crippen LogP) is 3.36. The molecule has 6 heteroatoms. The molecule has 0 radical (unpaired) electrons. The van der Waals surface area contributed by atoms with Crippen LogP contribution in [0, 0.1) is 0 Å². The van der Waals surface area contributed by atoms with Gasteiger partial charge in [-0.1, -0.05) is 19.8 Å². The van der Waals surface area contributed by atoms with Gasteiger partial charge >= 0.3 is 5.97 Å². The highest BCUT2D eigenvalue weighted by Gasteiger charge is 2.38. The van der Waals surface area contributed by atoms with Crippen LogP contribution < -0.4 is 0 Å². The summed E-state index contributed by atoms with van der Waals surface area (Å²) < 4.78 is 5.26. The minimum absolute atomic E-state index is 0.0563. The largest absolute Gasteiger partial charge is 0.504 e. The normalized spacial score (nSPS) is 17.4. The van der Waals surface area contributed by atoms with E-state index in [2.05, 4.69) is 22.9 Å². The molecule has 104 valence electrons. The van der Waals surface area contributed by atoms with Gasteiger partial charge in [0.05, 0.1) is 15.6 Å². The molecule has 1 heterocycles. The number of cyclic esters (lactones) is 1. The van der Waals surface area contributed by atoms with Crippen LogP contribution in [0.1, 0.15) is 54.6 Å². The number of esters is 1. The smallest absolute Gasteiger partial charge is 0.340 e. The van der Waals surface area contributed by atoms with Gasteiger partial charge in [-0.05, 0) is 28.8 Å². The van der Waals surface area contributed by atoms with Crippen molar-refractivity contribution in [3.8, 4) is 17.2 Å². The summed E-state index contributed by atoms with van der Waals surface area (Å²) in [4.78, 5) is 11.8. The number of carbonyl (C=O) groups excluding carboxylic acids is 1. The number of phenols is 3. The van der Waals surface area contributed by atoms with Crippen LogP contribution in [0.5, 0.6) is 17.2 Å². The van der Waals surface area contributed by atoms with E-state index in [0.717, 1.165) is 19.3 Å². The van der Waals surface area contributed by atoms with Crippen molar-refractivity contribution in [2.45, 2.75) is 38.7 Å². The molecular weight excluding hydrogens is 316 g/mol. The first-order valence-corrected chi connectivity index (χ1v) is 6.95. The maximum absolute atomic E-state index is 11.8. The van der Waals surface area contributed by atoms with Crippen LogP contribution in [0.25, 0.3) is 0 Å². The van der Waals surface area contributed by atoms with E-state index in [4.69, 9.17) is 4.74 Å². The van der Waals surface area contributed by atoms with Gasteiger partial charge in [0.1, 0.15) is 6.10 Å². The van der Waals surface area contributed by atoms with Crippen molar-refractivity contribution in [1.29, 1.82) is 0 Å². The fourth-order valence-electron chi connectivity index (χ4n) is 2.24. The van der Waals surface area contributed by atoms with E-state index in [1.165, 1.54) is 0 Å². The molecule has 0 aliphatic carbocycles. The maximum Gasteiger partial charge on any atom is 0.340 e. The fraction of sp³-hybridized carbons (Fsp3) is 0.462. The first-order valence-electron chi connectivity index (χ1n) is 6.16. The van der Waals surface area contributed by atoms with Gasteiger partial charge in [0.15, 0.2) is 11.5 Å². The first-order chi connectivity index (χ1) is 8.99. The number of ether oxygens (including phenoxy) is 1. The summed E-state index contributed by atoms with van der Waals surface area (Å²) >= 11 is 3.04. The van der Waals surface area contributed by atoms with Crippen LogP contribution >= 0.6 is 15.9 Å². The van der Waals surface area contributed by atoms with Crippen molar-refractivity contribution in [3.05, 3.63) is 15.6 Å². The molecule has 1 aromatic rings. The molecule has 0 saturated carbocycles. The predicted molar refractivity (Wildman–Crippen MR) is 71.4 cm³/mol. The van der Waals surface area contributed by atoms with Gasteiger partial charge in [-0.25, -0.2) is 4.79 Å². The Morgan fingerprint density at radius 2 is 1.84 bits per heavy atom. The SMILES string of the molecule is CCCCCC1OC(=O)c2c(Br)c(O)c(O)c(O)c21. The van der Waals surface area contributed by atoms with Crippen LogP contribution in [0.2, 0.25) is 0 Å². The summed E-state index contributed by atoms with van der Waals surface area (Å²) in [6, 6.07) is 0. The number of carbonyl (C=O) groups is 1. The zero-order valence-corrected chi connectivity index (χ0v) is 12.0. The van der Waals surface area contributed by atoms with Crippen LogP contribution in [0.15, 0.2) is 4.47 Å². The zero-order valence-electron chi connectivity index (χ0n) is 10.4. The Balaban J connectivity index is 2.43. The summed E-state index contributed by atoms with van der Waals surface area (Å²) in [6.07, 6.45) is 2.89. The Morgan fingerprint density at radius 1 is 1.16 bits per heavy atom. The Labute approximate surface area is 119 Å². The second-order valence-corrected chi connectivity index (χ2v) is 5.33. The zero-order chi connectivity index (χ0) is 14.2. The summed E-state index contributed by atoms with van der Waals surface area (Å²) in [6.45, 7) is 2.06. The third-order valence-electron chi connectivity index (χ3n) is 3.25. The highest BCUT2D eigenvalue weighted by molar-refractivity contribution is 9.10. The van der Waals surface area contributed by atoms with E-state index in [0.29, 0.717) is 6.42 Å². The highest BCUT2D eigenvalue weighted by atomic mass is 79.9. The molecule has 1 aliphatic rings. The molecule has 2 rings (SSSR count). The second-order valence-electron chi connectivity index (χ2n) is 4.54. The van der Waals surface area contributed by atoms with Gasteiger partial charge in [-0.15, -0.1) is 0 Å². The standard InChI is InChI=1S/C13H15BrO5/c1-2-3-4-5-6-7-8(13(18)19-6)9(14)11(16)12(17)10(7)15/h6,15-17H,2-5H2,1H3. The average molecular weight is 331 g/mol. The quantitative estimate of drug-likeness (QED) is 0.447. The molecule has 1 aliphatic heterocycles.